The number of para-hydroxylation sites is 2. The molecule has 39 heavy (non-hydrogen) atoms. The van der Waals surface area contributed by atoms with Crippen LogP contribution in [0, 0.1) is 29.1 Å². The molecular formula is C28H24F2IN5O3. The van der Waals surface area contributed by atoms with Crippen molar-refractivity contribution in [2.45, 2.75) is 13.8 Å². The zero-order chi connectivity index (χ0) is 27.8. The Labute approximate surface area is 236 Å². The maximum absolute atomic E-state index is 15.3. The van der Waals surface area contributed by atoms with Crippen LogP contribution in [0.5, 0.6) is 0 Å². The quantitative estimate of drug-likeness (QED) is 0.276. The molecule has 0 radical (unpaired) electrons. The van der Waals surface area contributed by atoms with E-state index < -0.39 is 40.3 Å². The van der Waals surface area contributed by atoms with Gasteiger partial charge in [-0.05, 0) is 78.4 Å². The van der Waals surface area contributed by atoms with E-state index in [1.165, 1.54) is 4.90 Å². The summed E-state index contributed by atoms with van der Waals surface area (Å²) in [5.74, 6) is -4.37. The number of fused-ring (bicyclic) bond motifs is 1. The molecule has 2 heterocycles. The number of carbonyl (C=O) groups is 2. The van der Waals surface area contributed by atoms with Crippen LogP contribution in [0.25, 0.3) is 11.0 Å². The summed E-state index contributed by atoms with van der Waals surface area (Å²) in [6.07, 6.45) is 0. The Morgan fingerprint density at radius 3 is 2.23 bits per heavy atom. The first kappa shape index (κ1) is 26.7. The van der Waals surface area contributed by atoms with Crippen molar-refractivity contribution in [1.29, 1.82) is 0 Å². The number of nitrogens with one attached hydrogen (secondary N) is 1. The van der Waals surface area contributed by atoms with Crippen molar-refractivity contribution in [1.82, 2.24) is 14.9 Å². The first-order valence-electron chi connectivity index (χ1n) is 12.2. The SMILES string of the molecule is Cc1cc(I)ccc1Nc1c(C(=O)O)cc(C(=O)N2CCN(c3nc4ccccc4nc3C)CC2)c(F)c1F. The molecule has 5 rings (SSSR count). The van der Waals surface area contributed by atoms with E-state index in [0.29, 0.717) is 24.6 Å². The van der Waals surface area contributed by atoms with Crippen LogP contribution in [-0.2, 0) is 0 Å². The van der Waals surface area contributed by atoms with Crippen LogP contribution in [0.3, 0.4) is 0 Å². The van der Waals surface area contributed by atoms with E-state index in [1.54, 1.807) is 19.1 Å². The van der Waals surface area contributed by atoms with Crippen LogP contribution in [0.2, 0.25) is 0 Å². The van der Waals surface area contributed by atoms with Crippen molar-refractivity contribution in [2.24, 2.45) is 0 Å². The van der Waals surface area contributed by atoms with Gasteiger partial charge >= 0.3 is 5.97 Å². The zero-order valence-electron chi connectivity index (χ0n) is 21.1. The molecular weight excluding hydrogens is 619 g/mol. The maximum Gasteiger partial charge on any atom is 0.337 e. The van der Waals surface area contributed by atoms with Crippen LogP contribution in [0.1, 0.15) is 32.0 Å². The predicted molar refractivity (Wildman–Crippen MR) is 153 cm³/mol. The van der Waals surface area contributed by atoms with Crippen molar-refractivity contribution >= 4 is 62.7 Å². The average Bonchev–Trinajstić information content (AvgIpc) is 2.92. The molecule has 4 aromatic rings. The van der Waals surface area contributed by atoms with Gasteiger partial charge in [0, 0.05) is 35.4 Å². The summed E-state index contributed by atoms with van der Waals surface area (Å²) in [6.45, 7) is 4.88. The Kier molecular flexibility index (Phi) is 7.34. The largest absolute Gasteiger partial charge is 0.478 e. The molecule has 1 aliphatic rings. The number of aromatic carboxylic acids is 1. The number of carboxylic acids is 1. The Bertz CT molecular complexity index is 1620. The van der Waals surface area contributed by atoms with Gasteiger partial charge < -0.3 is 20.2 Å². The fourth-order valence-corrected chi connectivity index (χ4v) is 5.29. The number of aromatic nitrogens is 2. The highest BCUT2D eigenvalue weighted by Gasteiger charge is 2.30. The van der Waals surface area contributed by atoms with Crippen LogP contribution >= 0.6 is 22.6 Å². The summed E-state index contributed by atoms with van der Waals surface area (Å²) in [5.41, 5.74) is 1.76. The van der Waals surface area contributed by atoms with Gasteiger partial charge in [0.05, 0.1) is 33.5 Å². The Morgan fingerprint density at radius 2 is 1.59 bits per heavy atom. The highest BCUT2D eigenvalue weighted by Crippen LogP contribution is 2.32. The highest BCUT2D eigenvalue weighted by atomic mass is 127. The van der Waals surface area contributed by atoms with E-state index >= 15 is 8.78 Å². The van der Waals surface area contributed by atoms with E-state index in [1.807, 2.05) is 42.2 Å². The lowest BCUT2D eigenvalue weighted by Crippen LogP contribution is -2.49. The van der Waals surface area contributed by atoms with Crippen molar-refractivity contribution in [3.63, 3.8) is 0 Å². The molecule has 0 aliphatic carbocycles. The summed E-state index contributed by atoms with van der Waals surface area (Å²) < 4.78 is 31.4. The van der Waals surface area contributed by atoms with Crippen molar-refractivity contribution in [3.05, 3.63) is 86.1 Å². The Balaban J connectivity index is 1.38. The molecule has 8 nitrogen and oxygen atoms in total. The van der Waals surface area contributed by atoms with Gasteiger partial charge in [0.1, 0.15) is 0 Å². The Hall–Kier alpha value is -3.87. The van der Waals surface area contributed by atoms with Gasteiger partial charge in [0.2, 0.25) is 0 Å². The highest BCUT2D eigenvalue weighted by molar-refractivity contribution is 14.1. The summed E-state index contributed by atoms with van der Waals surface area (Å²) in [5, 5.41) is 12.5. The molecule has 11 heteroatoms. The fraction of sp³-hybridized carbons (Fsp3) is 0.214. The van der Waals surface area contributed by atoms with Gasteiger partial charge in [-0.25, -0.2) is 23.5 Å². The number of halogens is 3. The molecule has 1 amide bonds. The fourth-order valence-electron chi connectivity index (χ4n) is 4.64. The number of piperazine rings is 1. The van der Waals surface area contributed by atoms with Gasteiger partial charge in [-0.2, -0.15) is 0 Å². The monoisotopic (exact) mass is 643 g/mol. The van der Waals surface area contributed by atoms with E-state index in [4.69, 9.17) is 4.98 Å². The smallest absolute Gasteiger partial charge is 0.337 e. The standard InChI is InChI=1S/C28H24F2IN5O3/c1-15-13-17(31)7-8-20(15)33-25-19(28(38)39)14-18(23(29)24(25)30)27(37)36-11-9-35(10-12-36)26-16(2)32-21-5-3-4-6-22(21)34-26/h3-8,13-14,33H,9-12H2,1-2H3,(H,38,39). The number of anilines is 3. The second kappa shape index (κ2) is 10.7. The minimum absolute atomic E-state index is 0.220. The third kappa shape index (κ3) is 5.22. The van der Waals surface area contributed by atoms with E-state index in [2.05, 4.69) is 32.9 Å². The molecule has 3 aromatic carbocycles. The van der Waals surface area contributed by atoms with E-state index in [-0.39, 0.29) is 13.1 Å². The number of hydrogen-bond donors (Lipinski definition) is 2. The van der Waals surface area contributed by atoms with Gasteiger partial charge in [-0.15, -0.1) is 0 Å². The molecule has 1 aromatic heterocycles. The summed E-state index contributed by atoms with van der Waals surface area (Å²) in [7, 11) is 0. The van der Waals surface area contributed by atoms with Crippen LogP contribution in [-0.4, -0.2) is 58.0 Å². The second-order valence-electron chi connectivity index (χ2n) is 9.26. The molecule has 0 atom stereocenters. The average molecular weight is 643 g/mol. The maximum atomic E-state index is 15.3. The first-order valence-corrected chi connectivity index (χ1v) is 13.3. The number of rotatable bonds is 5. The minimum atomic E-state index is -1.48. The molecule has 1 aliphatic heterocycles. The number of aryl methyl sites for hydroxylation is 2. The number of carbonyl (C=O) groups excluding carboxylic acids is 1. The summed E-state index contributed by atoms with van der Waals surface area (Å²) in [4.78, 5) is 38.0. The number of hydrogen-bond acceptors (Lipinski definition) is 6. The second-order valence-corrected chi connectivity index (χ2v) is 10.5. The van der Waals surface area contributed by atoms with Crippen LogP contribution < -0.4 is 10.2 Å². The number of nitrogens with zero attached hydrogens (tertiary/aromatic N) is 4. The van der Waals surface area contributed by atoms with E-state index in [0.717, 1.165) is 31.9 Å². The molecule has 0 spiro atoms. The zero-order valence-corrected chi connectivity index (χ0v) is 23.3. The van der Waals surface area contributed by atoms with Crippen molar-refractivity contribution in [2.75, 3.05) is 36.4 Å². The number of amides is 1. The van der Waals surface area contributed by atoms with Gasteiger partial charge in [-0.1, -0.05) is 12.1 Å². The lowest BCUT2D eigenvalue weighted by molar-refractivity contribution is 0.0697. The number of carboxylic acid groups (broad SMARTS) is 1. The molecule has 1 saturated heterocycles. The molecule has 1 fully saturated rings. The lowest BCUT2D eigenvalue weighted by Gasteiger charge is -2.36. The molecule has 0 unspecified atom stereocenters. The minimum Gasteiger partial charge on any atom is -0.478 e. The third-order valence-electron chi connectivity index (χ3n) is 6.70. The van der Waals surface area contributed by atoms with Gasteiger partial charge in [0.25, 0.3) is 5.91 Å². The van der Waals surface area contributed by atoms with Crippen molar-refractivity contribution < 1.29 is 23.5 Å². The normalized spacial score (nSPS) is 13.6. The molecule has 0 bridgehead atoms. The van der Waals surface area contributed by atoms with Gasteiger partial charge in [-0.3, -0.25) is 4.79 Å². The first-order chi connectivity index (χ1) is 18.6. The van der Waals surface area contributed by atoms with Crippen LogP contribution in [0.4, 0.5) is 26.0 Å². The predicted octanol–water partition coefficient (Wildman–Crippen LogP) is 5.53. The Morgan fingerprint density at radius 1 is 0.923 bits per heavy atom. The molecule has 2 N–H and O–H groups in total. The summed E-state index contributed by atoms with van der Waals surface area (Å²) in [6, 6.07) is 13.7. The van der Waals surface area contributed by atoms with E-state index in [9.17, 15) is 14.7 Å². The van der Waals surface area contributed by atoms with Gasteiger partial charge in [0.15, 0.2) is 17.5 Å². The molecule has 0 saturated carbocycles. The summed E-state index contributed by atoms with van der Waals surface area (Å²) >= 11 is 2.12. The lowest BCUT2D eigenvalue weighted by atomic mass is 10.0. The topological polar surface area (TPSA) is 98.7 Å². The van der Waals surface area contributed by atoms with Crippen LogP contribution in [0.15, 0.2) is 48.5 Å². The molecule has 200 valence electrons. The van der Waals surface area contributed by atoms with Crippen molar-refractivity contribution in [3.8, 4) is 0 Å². The third-order valence-corrected chi connectivity index (χ3v) is 7.37. The number of benzene rings is 3.